The number of hydrogen-bond donors (Lipinski definition) is 3. The van der Waals surface area contributed by atoms with Gasteiger partial charge in [0.25, 0.3) is 0 Å². The van der Waals surface area contributed by atoms with Crippen molar-refractivity contribution in [2.45, 2.75) is 0 Å². The van der Waals surface area contributed by atoms with Gasteiger partial charge in [0.05, 0.1) is 0 Å². The number of nitrogens with one attached hydrogen (secondary N) is 1. The third-order valence-corrected chi connectivity index (χ3v) is 0.564. The number of terminal acetylenes is 1. The van der Waals surface area contributed by atoms with Gasteiger partial charge in [-0.15, -0.1) is 10.8 Å². The predicted octanol–water partition coefficient (Wildman–Crippen LogP) is -1.22. The van der Waals surface area contributed by atoms with Crippen LogP contribution in [0.15, 0.2) is 0 Å². The SMILES string of the molecule is C#CC(O)=[NH+]SO. The smallest absolute Gasteiger partial charge is 0.428 e. The molecular weight excluding hydrogens is 114 g/mol. The molecule has 38 valence electrons. The number of aliphatic hydroxyl groups is 1. The van der Waals surface area contributed by atoms with Crippen molar-refractivity contribution >= 4 is 18.1 Å². The molecule has 0 rings (SSSR count). The topological polar surface area (TPSA) is 54.4 Å². The summed E-state index contributed by atoms with van der Waals surface area (Å²) in [4.78, 5) is 0. The van der Waals surface area contributed by atoms with Crippen LogP contribution in [0.25, 0.3) is 0 Å². The molecule has 0 bridgehead atoms. The van der Waals surface area contributed by atoms with Crippen LogP contribution in [0.3, 0.4) is 0 Å². The second-order valence-electron chi connectivity index (χ2n) is 0.686. The summed E-state index contributed by atoms with van der Waals surface area (Å²) in [7, 11) is 0. The van der Waals surface area contributed by atoms with E-state index < -0.39 is 0 Å². The maximum Gasteiger partial charge on any atom is 0.428 e. The van der Waals surface area contributed by atoms with Crippen LogP contribution in [0.2, 0.25) is 0 Å². The normalized spacial score (nSPS) is 10.6. The lowest BCUT2D eigenvalue weighted by Crippen LogP contribution is -2.63. The zero-order chi connectivity index (χ0) is 5.70. The van der Waals surface area contributed by atoms with E-state index in [-0.39, 0.29) is 18.1 Å². The predicted molar refractivity (Wildman–Crippen MR) is 27.7 cm³/mol. The van der Waals surface area contributed by atoms with Crippen molar-refractivity contribution < 1.29 is 14.1 Å². The van der Waals surface area contributed by atoms with Gasteiger partial charge in [-0.05, 0) is 0 Å². The molecule has 0 aliphatic heterocycles. The Hall–Kier alpha value is -0.660. The van der Waals surface area contributed by atoms with Gasteiger partial charge in [-0.2, -0.15) is 0 Å². The second kappa shape index (κ2) is 3.53. The largest absolute Gasteiger partial charge is 0.453 e. The molecular formula is C3H4NO2S+. The molecule has 3 N–H and O–H groups in total. The van der Waals surface area contributed by atoms with Crippen LogP contribution in [-0.4, -0.2) is 15.6 Å². The maximum absolute atomic E-state index is 8.25. The van der Waals surface area contributed by atoms with E-state index in [4.69, 9.17) is 9.66 Å². The van der Waals surface area contributed by atoms with Crippen molar-refractivity contribution in [2.24, 2.45) is 0 Å². The first-order valence-corrected chi connectivity index (χ1v) is 2.17. The summed E-state index contributed by atoms with van der Waals surface area (Å²) in [6.07, 6.45) is 4.63. The fourth-order valence-corrected chi connectivity index (χ4v) is 0.218. The molecule has 0 aromatic rings. The van der Waals surface area contributed by atoms with E-state index in [1.807, 2.05) is 10.3 Å². The highest BCUT2D eigenvalue weighted by Crippen LogP contribution is 1.57. The average molecular weight is 118 g/mol. The molecule has 0 unspecified atom stereocenters. The Morgan fingerprint density at radius 3 is 2.57 bits per heavy atom. The summed E-state index contributed by atoms with van der Waals surface area (Å²) >= 11 is 0.255. The van der Waals surface area contributed by atoms with Crippen LogP contribution in [0.5, 0.6) is 0 Å². The highest BCUT2D eigenvalue weighted by Gasteiger charge is 1.90. The molecule has 0 heterocycles. The Balaban J connectivity index is 3.57. The Morgan fingerprint density at radius 1 is 1.86 bits per heavy atom. The fourth-order valence-electron chi connectivity index (χ4n) is 0.0727. The zero-order valence-corrected chi connectivity index (χ0v) is 4.20. The lowest BCUT2D eigenvalue weighted by molar-refractivity contribution is -0.265. The van der Waals surface area contributed by atoms with E-state index in [1.165, 1.54) is 0 Å². The molecule has 0 spiro atoms. The molecule has 3 nitrogen and oxygen atoms in total. The quantitative estimate of drug-likeness (QED) is 0.133. The van der Waals surface area contributed by atoms with E-state index in [9.17, 15) is 0 Å². The van der Waals surface area contributed by atoms with Gasteiger partial charge >= 0.3 is 18.1 Å². The van der Waals surface area contributed by atoms with Crippen LogP contribution < -0.4 is 4.40 Å². The molecule has 0 atom stereocenters. The minimum absolute atomic E-state index is 0.255. The van der Waals surface area contributed by atoms with Crippen molar-refractivity contribution in [1.82, 2.24) is 0 Å². The van der Waals surface area contributed by atoms with E-state index in [0.29, 0.717) is 0 Å². The van der Waals surface area contributed by atoms with Crippen molar-refractivity contribution in [3.63, 3.8) is 0 Å². The molecule has 0 saturated carbocycles. The number of aliphatic hydroxyl groups excluding tert-OH is 1. The Morgan fingerprint density at radius 2 is 2.43 bits per heavy atom. The van der Waals surface area contributed by atoms with E-state index in [2.05, 4.69) is 6.42 Å². The lowest BCUT2D eigenvalue weighted by Gasteiger charge is -1.68. The Bertz CT molecular complexity index is 115. The summed E-state index contributed by atoms with van der Waals surface area (Å²) in [5.74, 6) is 1.46. The van der Waals surface area contributed by atoms with Gasteiger partial charge < -0.3 is 5.11 Å². The Labute approximate surface area is 45.4 Å². The highest BCUT2D eigenvalue weighted by molar-refractivity contribution is 7.86. The van der Waals surface area contributed by atoms with Crippen molar-refractivity contribution in [1.29, 1.82) is 0 Å². The molecule has 0 radical (unpaired) electrons. The third kappa shape index (κ3) is 3.16. The van der Waals surface area contributed by atoms with Gasteiger partial charge in [0.15, 0.2) is 0 Å². The lowest BCUT2D eigenvalue weighted by atomic mass is 10.7. The molecule has 7 heavy (non-hydrogen) atoms. The van der Waals surface area contributed by atoms with Gasteiger partial charge in [0.2, 0.25) is 0 Å². The number of rotatable bonds is 1. The first-order chi connectivity index (χ1) is 3.31. The van der Waals surface area contributed by atoms with Crippen LogP contribution in [0.1, 0.15) is 0 Å². The molecule has 0 aliphatic rings. The summed E-state index contributed by atoms with van der Waals surface area (Å²) < 4.78 is 9.90. The summed E-state index contributed by atoms with van der Waals surface area (Å²) in [6.45, 7) is 0. The van der Waals surface area contributed by atoms with Gasteiger partial charge in [-0.1, -0.05) is 0 Å². The van der Waals surface area contributed by atoms with Gasteiger partial charge in [-0.3, -0.25) is 4.55 Å². The molecule has 0 fully saturated rings. The molecule has 0 aromatic heterocycles. The fraction of sp³-hybridized carbons (Fsp3) is 0. The number of hydrogen-bond acceptors (Lipinski definition) is 2. The molecule has 4 heteroatoms. The van der Waals surface area contributed by atoms with Crippen LogP contribution in [-0.2, 0) is 0 Å². The minimum atomic E-state index is -0.382. The van der Waals surface area contributed by atoms with Gasteiger partial charge in [-0.25, -0.2) is 0 Å². The maximum atomic E-state index is 8.25. The standard InChI is InChI=1S/C3H3NO2S/c1-2-3(5)4-7-6/h1,6H,(H,4,5)/p+1. The van der Waals surface area contributed by atoms with Crippen molar-refractivity contribution in [2.75, 3.05) is 0 Å². The van der Waals surface area contributed by atoms with Crippen LogP contribution in [0, 0.1) is 12.3 Å². The molecule has 0 aliphatic carbocycles. The monoisotopic (exact) mass is 118 g/mol. The third-order valence-electron chi connectivity index (χ3n) is 0.279. The average Bonchev–Trinajstić information content (AvgIpc) is 1.68. The highest BCUT2D eigenvalue weighted by atomic mass is 32.2. The minimum Gasteiger partial charge on any atom is -0.453 e. The van der Waals surface area contributed by atoms with Crippen LogP contribution in [0.4, 0.5) is 0 Å². The summed E-state index contributed by atoms with van der Waals surface area (Å²) in [5.41, 5.74) is 0. The summed E-state index contributed by atoms with van der Waals surface area (Å²) in [5, 5.41) is 8.25. The zero-order valence-electron chi connectivity index (χ0n) is 3.38. The molecule has 0 amide bonds. The van der Waals surface area contributed by atoms with Gasteiger partial charge in [0, 0.05) is 5.92 Å². The van der Waals surface area contributed by atoms with E-state index in [0.717, 1.165) is 0 Å². The molecule has 0 saturated heterocycles. The first kappa shape index (κ1) is 6.34. The van der Waals surface area contributed by atoms with Crippen molar-refractivity contribution in [3.8, 4) is 12.3 Å². The first-order valence-electron chi connectivity index (χ1n) is 1.40. The van der Waals surface area contributed by atoms with Gasteiger partial charge in [0.1, 0.15) is 0 Å². The van der Waals surface area contributed by atoms with Crippen LogP contribution >= 0.6 is 12.2 Å². The molecule has 0 aromatic carbocycles. The van der Waals surface area contributed by atoms with E-state index in [1.54, 1.807) is 0 Å². The van der Waals surface area contributed by atoms with E-state index >= 15 is 0 Å². The van der Waals surface area contributed by atoms with Crippen molar-refractivity contribution in [3.05, 3.63) is 0 Å². The second-order valence-corrected chi connectivity index (χ2v) is 1.07. The summed E-state index contributed by atoms with van der Waals surface area (Å²) in [6, 6.07) is 0. The Kier molecular flexibility index (Phi) is 3.19.